The number of anilines is 1. The molecule has 0 saturated carbocycles. The van der Waals surface area contributed by atoms with Crippen LogP contribution in [0.25, 0.3) is 11.0 Å². The Morgan fingerprint density at radius 3 is 2.54 bits per heavy atom. The van der Waals surface area contributed by atoms with Gasteiger partial charge in [-0.3, -0.25) is 0 Å². The molecule has 6 nitrogen and oxygen atoms in total. The Kier molecular flexibility index (Phi) is 5.51. The van der Waals surface area contributed by atoms with Gasteiger partial charge in [0.1, 0.15) is 33.9 Å². The fourth-order valence-electron chi connectivity index (χ4n) is 2.64. The summed E-state index contributed by atoms with van der Waals surface area (Å²) in [5, 5.41) is 0.884. The summed E-state index contributed by atoms with van der Waals surface area (Å²) in [5.74, 6) is 1.92. The predicted octanol–water partition coefficient (Wildman–Crippen LogP) is 3.56. The molecule has 0 radical (unpaired) electrons. The zero-order valence-electron chi connectivity index (χ0n) is 13.4. The first kappa shape index (κ1) is 18.2. The van der Waals surface area contributed by atoms with Crippen LogP contribution in [0.1, 0.15) is 0 Å². The minimum atomic E-state index is -0.765. The molecule has 1 aliphatic heterocycles. The first-order chi connectivity index (χ1) is 12.6. The van der Waals surface area contributed by atoms with Crippen LogP contribution in [-0.2, 0) is 11.2 Å². The quantitative estimate of drug-likeness (QED) is 0.329. The topological polar surface area (TPSA) is 77.9 Å². The number of benzene rings is 1. The fraction of sp³-hybridized carbons (Fsp3) is 0.250. The standard InChI is InChI=1S/C16H13BrClN5OS2/c17-10-1-3-11(4-2-10)25-15-13-12(19-9-20-15)14(22-16(18)21-13)23-5-7-26(24)8-6-23/h1-4,9H,5-8H2. The maximum absolute atomic E-state index is 11.6. The summed E-state index contributed by atoms with van der Waals surface area (Å²) >= 11 is 10.4. The molecule has 0 atom stereocenters. The van der Waals surface area contributed by atoms with Crippen LogP contribution in [0.4, 0.5) is 5.82 Å². The second-order valence-corrected chi connectivity index (χ2v) is 9.60. The zero-order valence-corrected chi connectivity index (χ0v) is 17.4. The number of fused-ring (bicyclic) bond motifs is 1. The molecule has 26 heavy (non-hydrogen) atoms. The number of hydrogen-bond acceptors (Lipinski definition) is 7. The number of halogens is 2. The van der Waals surface area contributed by atoms with Crippen LogP contribution in [0.2, 0.25) is 5.28 Å². The van der Waals surface area contributed by atoms with Crippen molar-refractivity contribution in [1.29, 1.82) is 0 Å². The van der Waals surface area contributed by atoms with Gasteiger partial charge in [-0.2, -0.15) is 4.98 Å². The van der Waals surface area contributed by atoms with E-state index < -0.39 is 11.2 Å². The van der Waals surface area contributed by atoms with E-state index in [9.17, 15) is 4.55 Å². The van der Waals surface area contributed by atoms with Crippen LogP contribution in [-0.4, -0.2) is 49.1 Å². The molecule has 0 spiro atoms. The molecule has 2 aromatic heterocycles. The van der Waals surface area contributed by atoms with E-state index in [-0.39, 0.29) is 5.28 Å². The lowest BCUT2D eigenvalue weighted by molar-refractivity contribution is 0.585. The van der Waals surface area contributed by atoms with Gasteiger partial charge in [-0.15, -0.1) is 0 Å². The maximum atomic E-state index is 11.6. The molecule has 1 fully saturated rings. The largest absolute Gasteiger partial charge is 0.616 e. The third kappa shape index (κ3) is 3.91. The molecule has 134 valence electrons. The highest BCUT2D eigenvalue weighted by Crippen LogP contribution is 2.34. The predicted molar refractivity (Wildman–Crippen MR) is 108 cm³/mol. The summed E-state index contributed by atoms with van der Waals surface area (Å²) in [6, 6.07) is 7.97. The summed E-state index contributed by atoms with van der Waals surface area (Å²) < 4.78 is 12.7. The van der Waals surface area contributed by atoms with Gasteiger partial charge in [0.2, 0.25) is 5.28 Å². The Morgan fingerprint density at radius 2 is 1.81 bits per heavy atom. The second-order valence-electron chi connectivity index (χ2n) is 5.58. The molecule has 0 aliphatic carbocycles. The lowest BCUT2D eigenvalue weighted by Gasteiger charge is -2.29. The molecule has 0 unspecified atom stereocenters. The summed E-state index contributed by atoms with van der Waals surface area (Å²) in [4.78, 5) is 20.7. The number of nitrogens with zero attached hydrogens (tertiary/aromatic N) is 5. The molecular formula is C16H13BrClN5OS2. The van der Waals surface area contributed by atoms with Crippen LogP contribution in [0, 0.1) is 0 Å². The smallest absolute Gasteiger partial charge is 0.225 e. The molecule has 0 N–H and O–H groups in total. The molecule has 1 saturated heterocycles. The number of hydrogen-bond donors (Lipinski definition) is 0. The van der Waals surface area contributed by atoms with Crippen LogP contribution < -0.4 is 4.90 Å². The summed E-state index contributed by atoms with van der Waals surface area (Å²) in [6.07, 6.45) is 1.52. The highest BCUT2D eigenvalue weighted by molar-refractivity contribution is 9.10. The summed E-state index contributed by atoms with van der Waals surface area (Å²) in [6.45, 7) is 1.32. The van der Waals surface area contributed by atoms with Crippen LogP contribution >= 0.6 is 39.3 Å². The van der Waals surface area contributed by atoms with E-state index in [1.165, 1.54) is 18.1 Å². The normalized spacial score (nSPS) is 15.6. The summed E-state index contributed by atoms with van der Waals surface area (Å²) in [5.41, 5.74) is 1.29. The molecular weight excluding hydrogens is 458 g/mol. The van der Waals surface area contributed by atoms with Gasteiger partial charge in [-0.05, 0) is 35.9 Å². The van der Waals surface area contributed by atoms with Crippen molar-refractivity contribution in [1.82, 2.24) is 19.9 Å². The molecule has 0 amide bonds. The van der Waals surface area contributed by atoms with E-state index in [4.69, 9.17) is 11.6 Å². The zero-order chi connectivity index (χ0) is 18.1. The van der Waals surface area contributed by atoms with Crippen LogP contribution in [0.3, 0.4) is 0 Å². The molecule has 0 bridgehead atoms. The SMILES string of the molecule is [O-][S+]1CCN(c2nc(Cl)nc3c(Sc4ccc(Br)cc4)ncnc23)CC1. The Balaban J connectivity index is 1.75. The maximum Gasteiger partial charge on any atom is 0.225 e. The minimum absolute atomic E-state index is 0.159. The van der Waals surface area contributed by atoms with Crippen LogP contribution in [0.15, 0.2) is 45.0 Å². The van der Waals surface area contributed by atoms with Gasteiger partial charge >= 0.3 is 0 Å². The van der Waals surface area contributed by atoms with Crippen molar-refractivity contribution in [2.24, 2.45) is 0 Å². The van der Waals surface area contributed by atoms with Crippen molar-refractivity contribution >= 4 is 67.3 Å². The van der Waals surface area contributed by atoms with Gasteiger partial charge < -0.3 is 9.45 Å². The second kappa shape index (κ2) is 7.85. The Morgan fingerprint density at radius 1 is 1.08 bits per heavy atom. The Bertz CT molecular complexity index is 938. The van der Waals surface area contributed by atoms with Crippen LogP contribution in [0.5, 0.6) is 0 Å². The highest BCUT2D eigenvalue weighted by Gasteiger charge is 2.24. The average Bonchev–Trinajstić information content (AvgIpc) is 2.64. The lowest BCUT2D eigenvalue weighted by atomic mass is 10.3. The first-order valence-electron chi connectivity index (χ1n) is 7.82. The van der Waals surface area contributed by atoms with Crippen molar-refractivity contribution < 1.29 is 4.55 Å². The highest BCUT2D eigenvalue weighted by atomic mass is 79.9. The monoisotopic (exact) mass is 469 g/mol. The van der Waals surface area contributed by atoms with Gasteiger partial charge in [0.05, 0.1) is 13.1 Å². The Labute approximate surface area is 171 Å². The third-order valence-electron chi connectivity index (χ3n) is 3.91. The van der Waals surface area contributed by atoms with E-state index in [1.54, 1.807) is 0 Å². The van der Waals surface area contributed by atoms with E-state index >= 15 is 0 Å². The number of aromatic nitrogens is 4. The van der Waals surface area contributed by atoms with Crippen molar-refractivity contribution in [2.75, 3.05) is 29.5 Å². The van der Waals surface area contributed by atoms with Gasteiger partial charge in [0.25, 0.3) is 0 Å². The van der Waals surface area contributed by atoms with Crippen molar-refractivity contribution in [3.63, 3.8) is 0 Å². The summed E-state index contributed by atoms with van der Waals surface area (Å²) in [7, 11) is 0. The van der Waals surface area contributed by atoms with Gasteiger partial charge in [0, 0.05) is 9.37 Å². The average molecular weight is 471 g/mol. The van der Waals surface area contributed by atoms with E-state index in [1.807, 2.05) is 24.3 Å². The molecule has 3 heterocycles. The molecule has 3 aromatic rings. The first-order valence-corrected chi connectivity index (χ1v) is 11.3. The molecule has 1 aromatic carbocycles. The van der Waals surface area contributed by atoms with Crippen molar-refractivity contribution in [3.8, 4) is 0 Å². The van der Waals surface area contributed by atoms with E-state index in [0.717, 1.165) is 14.4 Å². The molecule has 1 aliphatic rings. The van der Waals surface area contributed by atoms with Gasteiger partial charge in [-0.25, -0.2) is 15.0 Å². The van der Waals surface area contributed by atoms with Crippen molar-refractivity contribution in [3.05, 3.63) is 40.3 Å². The number of rotatable bonds is 3. The lowest BCUT2D eigenvalue weighted by Crippen LogP contribution is -2.41. The van der Waals surface area contributed by atoms with E-state index in [2.05, 4.69) is 40.8 Å². The fourth-order valence-corrected chi connectivity index (χ4v) is 4.96. The molecule has 4 rings (SSSR count). The van der Waals surface area contributed by atoms with Gasteiger partial charge in [-0.1, -0.05) is 38.9 Å². The third-order valence-corrected chi connectivity index (χ3v) is 6.88. The minimum Gasteiger partial charge on any atom is -0.616 e. The van der Waals surface area contributed by atoms with Gasteiger partial charge in [0.15, 0.2) is 5.82 Å². The van der Waals surface area contributed by atoms with E-state index in [0.29, 0.717) is 41.4 Å². The molecule has 10 heteroatoms. The van der Waals surface area contributed by atoms with Crippen molar-refractivity contribution in [2.45, 2.75) is 9.92 Å². The Hall–Kier alpha value is -1.13.